The van der Waals surface area contributed by atoms with Crippen LogP contribution in [0, 0.1) is 0 Å². The number of fused-ring (bicyclic) bond motifs is 1. The predicted octanol–water partition coefficient (Wildman–Crippen LogP) is 1.52. The molecule has 0 spiro atoms. The van der Waals surface area contributed by atoms with Crippen LogP contribution in [0.15, 0.2) is 0 Å². The molecule has 0 aromatic carbocycles. The summed E-state index contributed by atoms with van der Waals surface area (Å²) < 4.78 is 0. The van der Waals surface area contributed by atoms with Gasteiger partial charge >= 0.3 is 0 Å². The van der Waals surface area contributed by atoms with E-state index in [9.17, 15) is 0 Å². The second-order valence-electron chi connectivity index (χ2n) is 4.21. The summed E-state index contributed by atoms with van der Waals surface area (Å²) in [5, 5.41) is 7.53. The molecule has 1 aromatic heterocycles. The summed E-state index contributed by atoms with van der Waals surface area (Å²) in [6, 6.07) is 0. The van der Waals surface area contributed by atoms with E-state index >= 15 is 0 Å². The number of hydrogen-bond donors (Lipinski definition) is 1. The monoisotopic (exact) mass is 179 g/mol. The van der Waals surface area contributed by atoms with E-state index in [0.717, 1.165) is 19.5 Å². The highest BCUT2D eigenvalue weighted by molar-refractivity contribution is 5.29. The van der Waals surface area contributed by atoms with Crippen molar-refractivity contribution in [3.05, 3.63) is 17.0 Å². The Labute approximate surface area is 79.1 Å². The SMILES string of the molecule is CC(C)c1n[nH]c2c1CCN(C)C2. The lowest BCUT2D eigenvalue weighted by Crippen LogP contribution is -2.26. The molecule has 1 aromatic rings. The predicted molar refractivity (Wildman–Crippen MR) is 52.7 cm³/mol. The molecule has 0 saturated heterocycles. The van der Waals surface area contributed by atoms with Gasteiger partial charge in [0.2, 0.25) is 0 Å². The quantitative estimate of drug-likeness (QED) is 0.709. The Morgan fingerprint density at radius 2 is 2.23 bits per heavy atom. The molecule has 0 amide bonds. The van der Waals surface area contributed by atoms with Crippen LogP contribution in [-0.4, -0.2) is 28.7 Å². The molecule has 2 rings (SSSR count). The average Bonchev–Trinajstić information content (AvgIpc) is 2.46. The van der Waals surface area contributed by atoms with Crippen LogP contribution in [0.4, 0.5) is 0 Å². The Morgan fingerprint density at radius 1 is 1.46 bits per heavy atom. The van der Waals surface area contributed by atoms with E-state index in [2.05, 4.69) is 36.0 Å². The highest BCUT2D eigenvalue weighted by atomic mass is 15.2. The molecular formula is C10H17N3. The van der Waals surface area contributed by atoms with Gasteiger partial charge in [-0.15, -0.1) is 0 Å². The van der Waals surface area contributed by atoms with Crippen molar-refractivity contribution in [2.24, 2.45) is 0 Å². The van der Waals surface area contributed by atoms with Crippen LogP contribution in [0.25, 0.3) is 0 Å². The number of aromatic amines is 1. The van der Waals surface area contributed by atoms with E-state index in [-0.39, 0.29) is 0 Å². The van der Waals surface area contributed by atoms with Gasteiger partial charge in [0.1, 0.15) is 0 Å². The molecule has 1 N–H and O–H groups in total. The first kappa shape index (κ1) is 8.75. The van der Waals surface area contributed by atoms with Gasteiger partial charge in [0.25, 0.3) is 0 Å². The van der Waals surface area contributed by atoms with Gasteiger partial charge in [-0.05, 0) is 24.9 Å². The zero-order valence-corrected chi connectivity index (χ0v) is 8.59. The van der Waals surface area contributed by atoms with Crippen molar-refractivity contribution in [2.45, 2.75) is 32.7 Å². The minimum absolute atomic E-state index is 0.545. The Hall–Kier alpha value is -0.830. The summed E-state index contributed by atoms with van der Waals surface area (Å²) >= 11 is 0. The lowest BCUT2D eigenvalue weighted by molar-refractivity contribution is 0.308. The number of likely N-dealkylation sites (N-methyl/N-ethyl adjacent to an activating group) is 1. The third-order valence-corrected chi connectivity index (χ3v) is 2.70. The fourth-order valence-corrected chi connectivity index (χ4v) is 1.96. The summed E-state index contributed by atoms with van der Waals surface area (Å²) in [5.41, 5.74) is 4.05. The van der Waals surface area contributed by atoms with Gasteiger partial charge < -0.3 is 4.90 Å². The number of nitrogens with zero attached hydrogens (tertiary/aromatic N) is 2. The molecule has 1 aliphatic heterocycles. The number of aromatic nitrogens is 2. The smallest absolute Gasteiger partial charge is 0.0683 e. The van der Waals surface area contributed by atoms with Crippen molar-refractivity contribution >= 4 is 0 Å². The normalized spacial score (nSPS) is 17.8. The van der Waals surface area contributed by atoms with Crippen molar-refractivity contribution in [3.8, 4) is 0 Å². The number of H-pyrrole nitrogens is 1. The van der Waals surface area contributed by atoms with Crippen molar-refractivity contribution in [2.75, 3.05) is 13.6 Å². The van der Waals surface area contributed by atoms with Gasteiger partial charge in [0, 0.05) is 13.1 Å². The molecule has 3 heteroatoms. The van der Waals surface area contributed by atoms with Crippen molar-refractivity contribution in [1.82, 2.24) is 15.1 Å². The average molecular weight is 179 g/mol. The summed E-state index contributed by atoms with van der Waals surface area (Å²) in [7, 11) is 2.15. The molecule has 2 heterocycles. The Kier molecular flexibility index (Phi) is 2.12. The molecule has 1 aliphatic rings. The topological polar surface area (TPSA) is 31.9 Å². The Bertz CT molecular complexity index is 301. The maximum Gasteiger partial charge on any atom is 0.0683 e. The third-order valence-electron chi connectivity index (χ3n) is 2.70. The lowest BCUT2D eigenvalue weighted by atomic mass is 9.99. The number of hydrogen-bond acceptors (Lipinski definition) is 2. The molecule has 3 nitrogen and oxygen atoms in total. The zero-order chi connectivity index (χ0) is 9.42. The van der Waals surface area contributed by atoms with Crippen LogP contribution in [0.5, 0.6) is 0 Å². The van der Waals surface area contributed by atoms with E-state index in [4.69, 9.17) is 0 Å². The summed E-state index contributed by atoms with van der Waals surface area (Å²) in [6.07, 6.45) is 1.15. The summed E-state index contributed by atoms with van der Waals surface area (Å²) in [5.74, 6) is 0.545. The first-order valence-corrected chi connectivity index (χ1v) is 4.93. The molecule has 0 atom stereocenters. The van der Waals surface area contributed by atoms with Crippen LogP contribution in [0.3, 0.4) is 0 Å². The molecular weight excluding hydrogens is 162 g/mol. The minimum atomic E-state index is 0.545. The first-order valence-electron chi connectivity index (χ1n) is 4.93. The zero-order valence-electron chi connectivity index (χ0n) is 8.59. The van der Waals surface area contributed by atoms with Crippen LogP contribution in [0.1, 0.15) is 36.7 Å². The highest BCUT2D eigenvalue weighted by Crippen LogP contribution is 2.24. The Balaban J connectivity index is 2.33. The van der Waals surface area contributed by atoms with E-state index in [1.54, 1.807) is 0 Å². The molecule has 0 bridgehead atoms. The third kappa shape index (κ3) is 1.48. The van der Waals surface area contributed by atoms with E-state index in [1.165, 1.54) is 17.0 Å². The van der Waals surface area contributed by atoms with Crippen LogP contribution < -0.4 is 0 Å². The van der Waals surface area contributed by atoms with Crippen molar-refractivity contribution in [3.63, 3.8) is 0 Å². The second kappa shape index (κ2) is 3.14. The number of nitrogens with one attached hydrogen (secondary N) is 1. The second-order valence-corrected chi connectivity index (χ2v) is 4.21. The fourth-order valence-electron chi connectivity index (χ4n) is 1.96. The molecule has 0 unspecified atom stereocenters. The van der Waals surface area contributed by atoms with Gasteiger partial charge in [0.15, 0.2) is 0 Å². The van der Waals surface area contributed by atoms with Crippen molar-refractivity contribution in [1.29, 1.82) is 0 Å². The van der Waals surface area contributed by atoms with E-state index < -0.39 is 0 Å². The summed E-state index contributed by atoms with van der Waals surface area (Å²) in [6.45, 7) is 6.59. The maximum atomic E-state index is 4.38. The summed E-state index contributed by atoms with van der Waals surface area (Å²) in [4.78, 5) is 2.32. The molecule has 0 aliphatic carbocycles. The van der Waals surface area contributed by atoms with Gasteiger partial charge in [-0.1, -0.05) is 13.8 Å². The Morgan fingerprint density at radius 3 is 2.92 bits per heavy atom. The highest BCUT2D eigenvalue weighted by Gasteiger charge is 2.20. The first-order chi connectivity index (χ1) is 6.18. The van der Waals surface area contributed by atoms with Gasteiger partial charge in [0.05, 0.1) is 11.4 Å². The van der Waals surface area contributed by atoms with Crippen LogP contribution in [-0.2, 0) is 13.0 Å². The van der Waals surface area contributed by atoms with Crippen molar-refractivity contribution < 1.29 is 0 Å². The maximum absolute atomic E-state index is 4.38. The standard InChI is InChI=1S/C10H17N3/c1-7(2)10-8-4-5-13(3)6-9(8)11-12-10/h7H,4-6H2,1-3H3,(H,11,12). The fraction of sp³-hybridized carbons (Fsp3) is 0.700. The van der Waals surface area contributed by atoms with E-state index in [0.29, 0.717) is 5.92 Å². The largest absolute Gasteiger partial charge is 0.300 e. The molecule has 0 radical (unpaired) electrons. The van der Waals surface area contributed by atoms with E-state index in [1.807, 2.05) is 0 Å². The number of rotatable bonds is 1. The van der Waals surface area contributed by atoms with Crippen LogP contribution >= 0.6 is 0 Å². The molecule has 0 saturated carbocycles. The lowest BCUT2D eigenvalue weighted by Gasteiger charge is -2.22. The van der Waals surface area contributed by atoms with Gasteiger partial charge in [-0.2, -0.15) is 5.10 Å². The molecule has 0 fully saturated rings. The van der Waals surface area contributed by atoms with Crippen LogP contribution in [0.2, 0.25) is 0 Å². The van der Waals surface area contributed by atoms with Gasteiger partial charge in [-0.25, -0.2) is 0 Å². The molecule has 13 heavy (non-hydrogen) atoms. The van der Waals surface area contributed by atoms with Gasteiger partial charge in [-0.3, -0.25) is 5.10 Å². The molecule has 72 valence electrons. The minimum Gasteiger partial charge on any atom is -0.300 e.